The number of hydrogen-bond donors (Lipinski definition) is 0. The van der Waals surface area contributed by atoms with Crippen molar-refractivity contribution in [3.8, 4) is 5.75 Å². The summed E-state index contributed by atoms with van der Waals surface area (Å²) in [6.45, 7) is 11.1. The summed E-state index contributed by atoms with van der Waals surface area (Å²) in [5.41, 5.74) is 4.65. The minimum atomic E-state index is -1.23. The van der Waals surface area contributed by atoms with Crippen LogP contribution in [0.5, 0.6) is 5.75 Å². The molecule has 2 rings (SSSR count). The molecule has 1 amide bonds. The maximum atomic E-state index is 12.7. The normalized spacial score (nSPS) is 17.3. The van der Waals surface area contributed by atoms with E-state index in [2.05, 4.69) is 0 Å². The van der Waals surface area contributed by atoms with Crippen molar-refractivity contribution in [1.82, 2.24) is 4.90 Å². The Kier molecular flexibility index (Phi) is 6.68. The minimum absolute atomic E-state index is 0.0180. The number of carbonyl (C=O) groups is 2. The average molecular weight is 360 g/mol. The van der Waals surface area contributed by atoms with Gasteiger partial charge in [0.2, 0.25) is 5.91 Å². The lowest BCUT2D eigenvalue weighted by Gasteiger charge is -2.33. The summed E-state index contributed by atoms with van der Waals surface area (Å²) in [6, 6.07) is 1.92. The molecule has 0 N–H and O–H groups in total. The molecule has 0 saturated carbocycles. The van der Waals surface area contributed by atoms with E-state index in [1.54, 1.807) is 0 Å². The lowest BCUT2D eigenvalue weighted by atomic mass is 9.74. The highest BCUT2D eigenvalue weighted by molar-refractivity contribution is 5.79. The van der Waals surface area contributed by atoms with Gasteiger partial charge in [-0.3, -0.25) is 4.79 Å². The van der Waals surface area contributed by atoms with Gasteiger partial charge in [-0.2, -0.15) is 0 Å². The predicted octanol–water partition coefficient (Wildman–Crippen LogP) is 2.04. The Morgan fingerprint density at radius 2 is 1.92 bits per heavy atom. The molecule has 1 aliphatic carbocycles. The van der Waals surface area contributed by atoms with Gasteiger partial charge in [0.05, 0.1) is 5.97 Å². The smallest absolute Gasteiger partial charge is 0.225 e. The van der Waals surface area contributed by atoms with Crippen molar-refractivity contribution in [2.45, 2.75) is 53.9 Å². The van der Waals surface area contributed by atoms with Crippen molar-refractivity contribution in [2.24, 2.45) is 11.8 Å². The minimum Gasteiger partial charge on any atom is -0.546 e. The predicted molar refractivity (Wildman–Crippen MR) is 99.0 cm³/mol. The van der Waals surface area contributed by atoms with E-state index in [1.807, 2.05) is 45.6 Å². The van der Waals surface area contributed by atoms with E-state index in [0.29, 0.717) is 11.7 Å². The lowest BCUT2D eigenvalue weighted by molar-refractivity contribution is -0.307. The summed E-state index contributed by atoms with van der Waals surface area (Å²) in [6.07, 6.45) is 2.78. The van der Waals surface area contributed by atoms with E-state index in [9.17, 15) is 14.7 Å². The summed E-state index contributed by atoms with van der Waals surface area (Å²) in [5, 5.41) is 10.7. The molecule has 0 saturated heterocycles. The molecule has 0 bridgehead atoms. The maximum absolute atomic E-state index is 12.7. The fraction of sp³-hybridized carbons (Fsp3) is 0.619. The number of rotatable bonds is 7. The topological polar surface area (TPSA) is 69.7 Å². The molecule has 144 valence electrons. The van der Waals surface area contributed by atoms with Gasteiger partial charge < -0.3 is 19.5 Å². The van der Waals surface area contributed by atoms with Crippen molar-refractivity contribution >= 4 is 11.9 Å². The molecule has 0 fully saturated rings. The third-order valence-electron chi connectivity index (χ3n) is 5.76. The van der Waals surface area contributed by atoms with Crippen molar-refractivity contribution in [3.63, 3.8) is 0 Å². The van der Waals surface area contributed by atoms with Crippen molar-refractivity contribution < 1.29 is 19.4 Å². The number of ether oxygens (including phenoxy) is 1. The van der Waals surface area contributed by atoms with Crippen LogP contribution in [0.2, 0.25) is 0 Å². The summed E-state index contributed by atoms with van der Waals surface area (Å²) < 4.78 is 5.42. The largest absolute Gasteiger partial charge is 0.546 e. The van der Waals surface area contributed by atoms with Gasteiger partial charge in [-0.25, -0.2) is 0 Å². The Morgan fingerprint density at radius 3 is 2.50 bits per heavy atom. The summed E-state index contributed by atoms with van der Waals surface area (Å²) in [7, 11) is 0. The third kappa shape index (κ3) is 4.19. The van der Waals surface area contributed by atoms with E-state index < -0.39 is 12.6 Å². The molecule has 0 heterocycles. The van der Waals surface area contributed by atoms with Crippen LogP contribution in [-0.4, -0.2) is 36.5 Å². The van der Waals surface area contributed by atoms with Crippen LogP contribution in [-0.2, 0) is 22.4 Å². The van der Waals surface area contributed by atoms with Crippen LogP contribution in [0, 0.1) is 25.7 Å². The van der Waals surface area contributed by atoms with Gasteiger partial charge in [0, 0.05) is 19.0 Å². The van der Waals surface area contributed by atoms with Gasteiger partial charge >= 0.3 is 0 Å². The Hall–Kier alpha value is -2.04. The van der Waals surface area contributed by atoms with Gasteiger partial charge in [0.15, 0.2) is 0 Å². The number of carboxylic acids is 1. The average Bonchev–Trinajstić information content (AvgIpc) is 2.63. The number of fused-ring (bicyclic) bond motifs is 1. The first-order chi connectivity index (χ1) is 12.3. The summed E-state index contributed by atoms with van der Waals surface area (Å²) in [4.78, 5) is 25.4. The van der Waals surface area contributed by atoms with Crippen molar-refractivity contribution in [3.05, 3.63) is 28.3 Å². The van der Waals surface area contributed by atoms with E-state index in [-0.39, 0.29) is 11.8 Å². The second-order valence-corrected chi connectivity index (χ2v) is 7.24. The molecule has 0 unspecified atom stereocenters. The molecule has 0 radical (unpaired) electrons. The molecule has 1 aromatic carbocycles. The fourth-order valence-electron chi connectivity index (χ4n) is 4.06. The van der Waals surface area contributed by atoms with Gasteiger partial charge in [-0.1, -0.05) is 6.92 Å². The zero-order valence-corrected chi connectivity index (χ0v) is 16.6. The van der Waals surface area contributed by atoms with E-state index in [4.69, 9.17) is 4.74 Å². The lowest BCUT2D eigenvalue weighted by Crippen LogP contribution is -2.39. The number of carboxylic acid groups (broad SMARTS) is 1. The zero-order chi connectivity index (χ0) is 19.4. The number of aliphatic carboxylic acids is 1. The highest BCUT2D eigenvalue weighted by Gasteiger charge is 2.31. The molecule has 2 atom stereocenters. The maximum Gasteiger partial charge on any atom is 0.225 e. The molecular formula is C21H30NO4-. The van der Waals surface area contributed by atoms with Crippen LogP contribution in [0.1, 0.15) is 49.4 Å². The number of carbonyl (C=O) groups excluding carboxylic acids is 2. The standard InChI is InChI=1S/C21H31NO4/c1-6-22(7-2)21(25)14(4)16-8-9-17-13(3)10-19(26-12-20(23)24)15(5)18(17)11-16/h10,14,16H,6-9,11-12H2,1-5H3,(H,23,24)/p-1/t14-,16+/m0/s1. The first-order valence-electron chi connectivity index (χ1n) is 9.53. The van der Waals surface area contributed by atoms with Crippen molar-refractivity contribution in [2.75, 3.05) is 19.7 Å². The van der Waals surface area contributed by atoms with Gasteiger partial charge in [-0.05, 0) is 81.2 Å². The number of hydrogen-bond acceptors (Lipinski definition) is 4. The fourth-order valence-corrected chi connectivity index (χ4v) is 4.06. The Labute approximate surface area is 156 Å². The first-order valence-corrected chi connectivity index (χ1v) is 9.53. The molecule has 0 spiro atoms. The monoisotopic (exact) mass is 360 g/mol. The summed E-state index contributed by atoms with van der Waals surface area (Å²) >= 11 is 0. The van der Waals surface area contributed by atoms with Crippen LogP contribution in [0.4, 0.5) is 0 Å². The second kappa shape index (κ2) is 8.56. The molecule has 0 aromatic heterocycles. The number of aryl methyl sites for hydroxylation is 1. The molecule has 1 aromatic rings. The molecule has 0 aliphatic heterocycles. The molecular weight excluding hydrogens is 330 g/mol. The summed E-state index contributed by atoms with van der Waals surface area (Å²) in [5.74, 6) is -0.118. The zero-order valence-electron chi connectivity index (χ0n) is 16.6. The van der Waals surface area contributed by atoms with Crippen LogP contribution in [0.25, 0.3) is 0 Å². The molecule has 5 nitrogen and oxygen atoms in total. The Morgan fingerprint density at radius 1 is 1.27 bits per heavy atom. The molecule has 1 aliphatic rings. The first kappa shape index (κ1) is 20.3. The Balaban J connectivity index is 2.25. The highest BCUT2D eigenvalue weighted by atomic mass is 16.5. The van der Waals surface area contributed by atoms with Gasteiger partial charge in [0.25, 0.3) is 0 Å². The van der Waals surface area contributed by atoms with Crippen LogP contribution >= 0.6 is 0 Å². The SMILES string of the molecule is CCN(CC)C(=O)[C@@H](C)[C@@H]1CCc2c(C)cc(OCC(=O)[O-])c(C)c2C1. The van der Waals surface area contributed by atoms with Crippen LogP contribution in [0.15, 0.2) is 6.07 Å². The van der Waals surface area contributed by atoms with Gasteiger partial charge in [-0.15, -0.1) is 0 Å². The quantitative estimate of drug-likeness (QED) is 0.746. The van der Waals surface area contributed by atoms with Crippen LogP contribution < -0.4 is 9.84 Å². The van der Waals surface area contributed by atoms with E-state index >= 15 is 0 Å². The third-order valence-corrected chi connectivity index (χ3v) is 5.76. The van der Waals surface area contributed by atoms with Crippen LogP contribution in [0.3, 0.4) is 0 Å². The van der Waals surface area contributed by atoms with E-state index in [1.165, 1.54) is 11.1 Å². The Bertz CT molecular complexity index is 679. The molecule has 26 heavy (non-hydrogen) atoms. The number of nitrogens with zero attached hydrogens (tertiary/aromatic N) is 1. The van der Waals surface area contributed by atoms with Gasteiger partial charge in [0.1, 0.15) is 12.4 Å². The number of benzene rings is 1. The second-order valence-electron chi connectivity index (χ2n) is 7.24. The molecule has 5 heteroatoms. The number of amides is 1. The highest BCUT2D eigenvalue weighted by Crippen LogP contribution is 2.38. The van der Waals surface area contributed by atoms with Crippen molar-refractivity contribution in [1.29, 1.82) is 0 Å². The van der Waals surface area contributed by atoms with E-state index in [0.717, 1.165) is 43.5 Å².